The number of nitrogens with zero attached hydrogens (tertiary/aromatic N) is 1. The van der Waals surface area contributed by atoms with Gasteiger partial charge in [-0.05, 0) is 67.4 Å². The van der Waals surface area contributed by atoms with Gasteiger partial charge in [0.1, 0.15) is 24.2 Å². The summed E-state index contributed by atoms with van der Waals surface area (Å²) in [6, 6.07) is 18.0. The second-order valence-corrected chi connectivity index (χ2v) is 10.4. The number of halogens is 1. The summed E-state index contributed by atoms with van der Waals surface area (Å²) in [5.74, 6) is 4.26. The number of hydrogen-bond acceptors (Lipinski definition) is 4. The van der Waals surface area contributed by atoms with Gasteiger partial charge >= 0.3 is 5.97 Å². The van der Waals surface area contributed by atoms with Crippen molar-refractivity contribution in [3.8, 4) is 17.6 Å². The third-order valence-corrected chi connectivity index (χ3v) is 7.70. The number of rotatable bonds is 10. The molecule has 1 heterocycles. The number of aromatic nitrogens is 1. The number of para-hydroxylation sites is 1. The molecule has 196 valence electrons. The number of ether oxygens (including phenoxy) is 1. The zero-order valence-corrected chi connectivity index (χ0v) is 21.8. The highest BCUT2D eigenvalue weighted by molar-refractivity contribution is 7.89. The molecule has 0 bridgehead atoms. The first kappa shape index (κ1) is 26.9. The molecule has 0 aliphatic heterocycles. The van der Waals surface area contributed by atoms with Crippen LogP contribution in [0.1, 0.15) is 23.7 Å². The number of aliphatic carboxylic acids is 1. The van der Waals surface area contributed by atoms with Crippen LogP contribution in [0.15, 0.2) is 77.7 Å². The summed E-state index contributed by atoms with van der Waals surface area (Å²) >= 11 is 0. The fourth-order valence-electron chi connectivity index (χ4n) is 4.33. The van der Waals surface area contributed by atoms with Crippen LogP contribution in [-0.2, 0) is 27.8 Å². The van der Waals surface area contributed by atoms with E-state index in [1.54, 1.807) is 13.0 Å². The Balaban J connectivity index is 1.61. The van der Waals surface area contributed by atoms with E-state index in [4.69, 9.17) is 4.74 Å². The maximum absolute atomic E-state index is 13.8. The second kappa shape index (κ2) is 11.5. The monoisotopic (exact) mass is 534 g/mol. The third kappa shape index (κ3) is 6.05. The average Bonchev–Trinajstić information content (AvgIpc) is 3.14. The van der Waals surface area contributed by atoms with Crippen LogP contribution in [0.5, 0.6) is 5.75 Å². The first-order valence-corrected chi connectivity index (χ1v) is 13.4. The second-order valence-electron chi connectivity index (χ2n) is 8.70. The van der Waals surface area contributed by atoms with E-state index in [0.717, 1.165) is 22.2 Å². The first-order valence-electron chi connectivity index (χ1n) is 11.9. The predicted octanol–water partition coefficient (Wildman–Crippen LogP) is 4.51. The smallest absolute Gasteiger partial charge is 0.322 e. The minimum absolute atomic E-state index is 0.0755. The van der Waals surface area contributed by atoms with Crippen LogP contribution in [0.3, 0.4) is 0 Å². The molecule has 9 heteroatoms. The molecule has 0 amide bonds. The molecule has 3 aromatic carbocycles. The van der Waals surface area contributed by atoms with E-state index in [2.05, 4.69) is 16.6 Å². The molecule has 7 nitrogen and oxygen atoms in total. The highest BCUT2D eigenvalue weighted by Crippen LogP contribution is 2.28. The number of hydrogen-bond donors (Lipinski definition) is 2. The van der Waals surface area contributed by atoms with Gasteiger partial charge in [0, 0.05) is 29.6 Å². The summed E-state index contributed by atoms with van der Waals surface area (Å²) in [6.45, 7) is 4.09. The van der Waals surface area contributed by atoms with Crippen molar-refractivity contribution >= 4 is 26.9 Å². The van der Waals surface area contributed by atoms with Gasteiger partial charge in [0.15, 0.2) is 0 Å². The van der Waals surface area contributed by atoms with E-state index >= 15 is 0 Å². The number of sulfonamides is 1. The summed E-state index contributed by atoms with van der Waals surface area (Å²) in [7, 11) is -4.14. The van der Waals surface area contributed by atoms with Crippen LogP contribution < -0.4 is 9.46 Å². The molecule has 0 aliphatic rings. The number of carbonyl (C=O) groups is 1. The van der Waals surface area contributed by atoms with Crippen molar-refractivity contribution in [3.63, 3.8) is 0 Å². The number of nitrogens with one attached hydrogen (secondary N) is 1. The Kier molecular flexibility index (Phi) is 8.15. The van der Waals surface area contributed by atoms with Crippen LogP contribution in [0.25, 0.3) is 10.9 Å². The topological polar surface area (TPSA) is 97.6 Å². The van der Waals surface area contributed by atoms with Gasteiger partial charge in [-0.25, -0.2) is 12.8 Å². The van der Waals surface area contributed by atoms with E-state index in [9.17, 15) is 22.7 Å². The summed E-state index contributed by atoms with van der Waals surface area (Å²) in [5.41, 5.74) is 3.08. The van der Waals surface area contributed by atoms with Gasteiger partial charge in [0.25, 0.3) is 0 Å². The van der Waals surface area contributed by atoms with Gasteiger partial charge < -0.3 is 14.4 Å². The fraction of sp³-hybridized carbons (Fsp3) is 0.207. The Morgan fingerprint density at radius 2 is 1.84 bits per heavy atom. The Labute approximate surface area is 220 Å². The molecule has 4 rings (SSSR count). The maximum atomic E-state index is 13.8. The molecule has 0 saturated heterocycles. The van der Waals surface area contributed by atoms with Gasteiger partial charge in [-0.2, -0.15) is 4.72 Å². The Hall–Kier alpha value is -4.13. The zero-order chi connectivity index (χ0) is 27.3. The number of benzene rings is 3. The quantitative estimate of drug-likeness (QED) is 0.292. The molecule has 0 saturated carbocycles. The molecule has 0 fully saturated rings. The standard InChI is InChI=1S/C29H27FN2O5S/c1-3-4-16-37-23-12-14-24(15-13-23)38(35,36)31-27(29(33)34)18-26-20(2)32(28-11-6-5-10-25(26)28)19-21-8-7-9-22(30)17-21/h5-15,17,27,31H,16,18-19H2,1-2H3,(H,33,34)/t27-/m0/s1. The van der Waals surface area contributed by atoms with Crippen molar-refractivity contribution in [2.45, 2.75) is 37.8 Å². The molecule has 0 aliphatic carbocycles. The van der Waals surface area contributed by atoms with E-state index < -0.39 is 22.0 Å². The molecule has 1 atom stereocenters. The number of carboxylic acid groups (broad SMARTS) is 1. The molecule has 38 heavy (non-hydrogen) atoms. The first-order chi connectivity index (χ1) is 18.2. The van der Waals surface area contributed by atoms with Crippen molar-refractivity contribution in [2.24, 2.45) is 0 Å². The van der Waals surface area contributed by atoms with Crippen molar-refractivity contribution < 1.29 is 27.4 Å². The maximum Gasteiger partial charge on any atom is 0.322 e. The van der Waals surface area contributed by atoms with Crippen LogP contribution in [0, 0.1) is 24.6 Å². The lowest BCUT2D eigenvalue weighted by Gasteiger charge is -2.16. The number of carboxylic acids is 1. The van der Waals surface area contributed by atoms with Gasteiger partial charge in [-0.1, -0.05) is 36.3 Å². The largest absolute Gasteiger partial charge is 0.481 e. The minimum Gasteiger partial charge on any atom is -0.481 e. The average molecular weight is 535 g/mol. The Morgan fingerprint density at radius 1 is 1.11 bits per heavy atom. The fourth-order valence-corrected chi connectivity index (χ4v) is 5.52. The van der Waals surface area contributed by atoms with Gasteiger partial charge in [-0.3, -0.25) is 4.79 Å². The summed E-state index contributed by atoms with van der Waals surface area (Å²) in [4.78, 5) is 12.1. The molecule has 4 aromatic rings. The van der Waals surface area contributed by atoms with Crippen molar-refractivity contribution in [1.29, 1.82) is 0 Å². The van der Waals surface area contributed by atoms with Crippen molar-refractivity contribution in [2.75, 3.05) is 6.61 Å². The summed E-state index contributed by atoms with van der Waals surface area (Å²) in [5, 5.41) is 10.7. The minimum atomic E-state index is -4.14. The van der Waals surface area contributed by atoms with Crippen LogP contribution >= 0.6 is 0 Å². The lowest BCUT2D eigenvalue weighted by Crippen LogP contribution is -2.42. The summed E-state index contributed by atoms with van der Waals surface area (Å²) < 4.78 is 49.6. The van der Waals surface area contributed by atoms with Gasteiger partial charge in [0.2, 0.25) is 10.0 Å². The van der Waals surface area contributed by atoms with Crippen LogP contribution in [0.2, 0.25) is 0 Å². The van der Waals surface area contributed by atoms with Gasteiger partial charge in [-0.15, -0.1) is 5.92 Å². The van der Waals surface area contributed by atoms with Crippen molar-refractivity contribution in [1.82, 2.24) is 9.29 Å². The predicted molar refractivity (Wildman–Crippen MR) is 143 cm³/mol. The lowest BCUT2D eigenvalue weighted by molar-refractivity contribution is -0.138. The molecule has 0 unspecified atom stereocenters. The molecule has 0 radical (unpaired) electrons. The van der Waals surface area contributed by atoms with Gasteiger partial charge in [0.05, 0.1) is 4.90 Å². The van der Waals surface area contributed by atoms with Crippen LogP contribution in [0.4, 0.5) is 4.39 Å². The third-order valence-electron chi connectivity index (χ3n) is 6.22. The highest BCUT2D eigenvalue weighted by Gasteiger charge is 2.28. The molecule has 2 N–H and O–H groups in total. The van der Waals surface area contributed by atoms with Crippen LogP contribution in [-0.4, -0.2) is 36.7 Å². The molecular formula is C29H27FN2O5S. The summed E-state index contributed by atoms with van der Waals surface area (Å²) in [6.07, 6.45) is -0.0755. The van der Waals surface area contributed by atoms with E-state index in [0.29, 0.717) is 17.9 Å². The number of fused-ring (bicyclic) bond motifs is 1. The van der Waals surface area contributed by atoms with Crippen molar-refractivity contribution in [3.05, 3.63) is 95.4 Å². The Morgan fingerprint density at radius 3 is 2.53 bits per heavy atom. The molecule has 0 spiro atoms. The van der Waals surface area contributed by atoms with E-state index in [-0.39, 0.29) is 23.7 Å². The SMILES string of the molecule is CC#CCOc1ccc(S(=O)(=O)N[C@@H](Cc2c(C)n(Cc3cccc(F)c3)c3ccccc23)C(=O)O)cc1. The molecular weight excluding hydrogens is 507 g/mol. The van der Waals surface area contributed by atoms with E-state index in [1.165, 1.54) is 36.4 Å². The lowest BCUT2D eigenvalue weighted by atomic mass is 10.0. The normalized spacial score (nSPS) is 12.1. The highest BCUT2D eigenvalue weighted by atomic mass is 32.2. The molecule has 1 aromatic heterocycles. The van der Waals surface area contributed by atoms with E-state index in [1.807, 2.05) is 41.8 Å². The Bertz CT molecular complexity index is 1630. The zero-order valence-electron chi connectivity index (χ0n) is 20.9.